The third-order valence-corrected chi connectivity index (χ3v) is 3.77. The van der Waals surface area contributed by atoms with Gasteiger partial charge in [-0.1, -0.05) is 6.92 Å². The Balaban J connectivity index is 2.25. The lowest BCUT2D eigenvalue weighted by Gasteiger charge is -2.09. The Bertz CT molecular complexity index is 508. The van der Waals surface area contributed by atoms with Crippen molar-refractivity contribution >= 4 is 15.9 Å². The third-order valence-electron chi connectivity index (χ3n) is 2.86. The molecule has 7 heteroatoms. The molecule has 2 aromatic heterocycles. The van der Waals surface area contributed by atoms with Gasteiger partial charge in [-0.25, -0.2) is 0 Å². The molecule has 2 rings (SSSR count). The zero-order valence-electron chi connectivity index (χ0n) is 10.4. The van der Waals surface area contributed by atoms with Gasteiger partial charge in [0.05, 0.1) is 22.1 Å². The Kier molecular flexibility index (Phi) is 4.13. The van der Waals surface area contributed by atoms with Gasteiger partial charge >= 0.3 is 0 Å². The lowest BCUT2D eigenvalue weighted by atomic mass is 10.1. The first kappa shape index (κ1) is 13.2. The summed E-state index contributed by atoms with van der Waals surface area (Å²) in [6.07, 6.45) is 2.19. The van der Waals surface area contributed by atoms with Gasteiger partial charge in [-0.15, -0.1) is 0 Å². The molecule has 2 heterocycles. The van der Waals surface area contributed by atoms with Gasteiger partial charge in [0.15, 0.2) is 0 Å². The first-order valence-electron chi connectivity index (χ1n) is 5.95. The second-order valence-corrected chi connectivity index (χ2v) is 4.78. The van der Waals surface area contributed by atoms with E-state index in [1.807, 2.05) is 11.6 Å². The molecular weight excluding hydrogens is 298 g/mol. The summed E-state index contributed by atoms with van der Waals surface area (Å²) in [4.78, 5) is 0. The summed E-state index contributed by atoms with van der Waals surface area (Å²) < 4.78 is 2.89. The normalized spacial score (nSPS) is 12.9. The summed E-state index contributed by atoms with van der Waals surface area (Å²) in [5.74, 6) is 0. The number of rotatable bonds is 5. The number of H-pyrrole nitrogens is 1. The van der Waals surface area contributed by atoms with Crippen molar-refractivity contribution < 1.29 is 5.11 Å². The molecule has 1 unspecified atom stereocenters. The summed E-state index contributed by atoms with van der Waals surface area (Å²) >= 11 is 3.56. The van der Waals surface area contributed by atoms with E-state index in [1.165, 1.54) is 6.20 Å². The summed E-state index contributed by atoms with van der Waals surface area (Å²) in [5.41, 5.74) is 2.55. The summed E-state index contributed by atoms with van der Waals surface area (Å²) in [6, 6.07) is 0. The fraction of sp³-hybridized carbons (Fsp3) is 0.545. The van der Waals surface area contributed by atoms with Crippen LogP contribution < -0.4 is 0 Å². The number of aromatic amines is 1. The van der Waals surface area contributed by atoms with E-state index in [4.69, 9.17) is 0 Å². The minimum absolute atomic E-state index is 0.466. The fourth-order valence-corrected chi connectivity index (χ4v) is 2.60. The number of aliphatic hydroxyl groups excluding tert-OH is 1. The monoisotopic (exact) mass is 313 g/mol. The molecule has 0 aromatic carbocycles. The SMILES string of the molecule is CCc1nn(CC)c(CC(O)c2cn[nH]n2)c1Br. The van der Waals surface area contributed by atoms with Crippen LogP contribution in [0, 0.1) is 0 Å². The Morgan fingerprint density at radius 3 is 2.83 bits per heavy atom. The van der Waals surface area contributed by atoms with Gasteiger partial charge < -0.3 is 5.11 Å². The van der Waals surface area contributed by atoms with Crippen LogP contribution >= 0.6 is 15.9 Å². The van der Waals surface area contributed by atoms with Crippen LogP contribution in [0.5, 0.6) is 0 Å². The minimum Gasteiger partial charge on any atom is -0.386 e. The maximum Gasteiger partial charge on any atom is 0.111 e. The number of nitrogens with one attached hydrogen (secondary N) is 1. The number of hydrogen-bond donors (Lipinski definition) is 2. The van der Waals surface area contributed by atoms with Crippen molar-refractivity contribution in [3.63, 3.8) is 0 Å². The van der Waals surface area contributed by atoms with Crippen LogP contribution in [0.2, 0.25) is 0 Å². The minimum atomic E-state index is -0.674. The van der Waals surface area contributed by atoms with Crippen molar-refractivity contribution in [1.29, 1.82) is 0 Å². The van der Waals surface area contributed by atoms with Crippen molar-refractivity contribution in [2.24, 2.45) is 0 Å². The smallest absolute Gasteiger partial charge is 0.111 e. The van der Waals surface area contributed by atoms with E-state index in [0.717, 1.165) is 28.8 Å². The zero-order chi connectivity index (χ0) is 13.1. The highest BCUT2D eigenvalue weighted by Gasteiger charge is 2.19. The molecule has 1 atom stereocenters. The summed E-state index contributed by atoms with van der Waals surface area (Å²) in [7, 11) is 0. The molecule has 0 bridgehead atoms. The van der Waals surface area contributed by atoms with Crippen molar-refractivity contribution in [3.05, 3.63) is 27.8 Å². The van der Waals surface area contributed by atoms with Crippen molar-refractivity contribution in [2.75, 3.05) is 0 Å². The maximum atomic E-state index is 10.1. The van der Waals surface area contributed by atoms with E-state index in [9.17, 15) is 5.11 Å². The van der Waals surface area contributed by atoms with Gasteiger partial charge in [0.1, 0.15) is 11.8 Å². The highest BCUT2D eigenvalue weighted by molar-refractivity contribution is 9.10. The van der Waals surface area contributed by atoms with Crippen LogP contribution in [0.3, 0.4) is 0 Å². The number of aromatic nitrogens is 5. The number of halogens is 1. The van der Waals surface area contributed by atoms with Gasteiger partial charge in [-0.2, -0.15) is 20.5 Å². The van der Waals surface area contributed by atoms with Gasteiger partial charge in [-0.3, -0.25) is 4.68 Å². The summed E-state index contributed by atoms with van der Waals surface area (Å²) in [6.45, 7) is 4.87. The molecule has 0 aliphatic carbocycles. The number of aliphatic hydroxyl groups is 1. The molecule has 0 saturated heterocycles. The third kappa shape index (κ3) is 2.46. The van der Waals surface area contributed by atoms with Crippen LogP contribution in [0.4, 0.5) is 0 Å². The van der Waals surface area contributed by atoms with E-state index in [2.05, 4.69) is 43.4 Å². The molecule has 18 heavy (non-hydrogen) atoms. The predicted molar refractivity (Wildman–Crippen MR) is 70.0 cm³/mol. The predicted octanol–water partition coefficient (Wildman–Crippen LogP) is 1.62. The van der Waals surface area contributed by atoms with Crippen LogP contribution in [0.1, 0.15) is 37.0 Å². The van der Waals surface area contributed by atoms with E-state index >= 15 is 0 Å². The van der Waals surface area contributed by atoms with Gasteiger partial charge in [0.2, 0.25) is 0 Å². The molecule has 0 amide bonds. The zero-order valence-corrected chi connectivity index (χ0v) is 12.0. The average Bonchev–Trinajstić information content (AvgIpc) is 2.99. The Labute approximate surface area is 114 Å². The average molecular weight is 314 g/mol. The number of nitrogens with zero attached hydrogens (tertiary/aromatic N) is 4. The Hall–Kier alpha value is -1.21. The first-order chi connectivity index (χ1) is 8.67. The van der Waals surface area contributed by atoms with E-state index in [1.54, 1.807) is 0 Å². The van der Waals surface area contributed by atoms with E-state index in [0.29, 0.717) is 12.1 Å². The topological polar surface area (TPSA) is 79.6 Å². The van der Waals surface area contributed by atoms with E-state index in [-0.39, 0.29) is 0 Å². The largest absolute Gasteiger partial charge is 0.386 e. The molecular formula is C11H16BrN5O. The van der Waals surface area contributed by atoms with Crippen LogP contribution in [-0.2, 0) is 19.4 Å². The molecule has 0 saturated carbocycles. The van der Waals surface area contributed by atoms with Gasteiger partial charge in [-0.05, 0) is 29.3 Å². The lowest BCUT2D eigenvalue weighted by molar-refractivity contribution is 0.170. The van der Waals surface area contributed by atoms with E-state index < -0.39 is 6.10 Å². The molecule has 0 aliphatic heterocycles. The highest BCUT2D eigenvalue weighted by Crippen LogP contribution is 2.26. The molecule has 2 N–H and O–H groups in total. The fourth-order valence-electron chi connectivity index (χ4n) is 1.87. The summed E-state index contributed by atoms with van der Waals surface area (Å²) in [5, 5.41) is 24.7. The van der Waals surface area contributed by atoms with Crippen molar-refractivity contribution in [3.8, 4) is 0 Å². The Morgan fingerprint density at radius 2 is 2.28 bits per heavy atom. The number of aryl methyl sites for hydroxylation is 2. The second-order valence-electron chi connectivity index (χ2n) is 3.99. The molecule has 98 valence electrons. The van der Waals surface area contributed by atoms with Crippen LogP contribution in [0.15, 0.2) is 10.7 Å². The second kappa shape index (κ2) is 5.62. The molecule has 0 fully saturated rings. The molecule has 0 aliphatic rings. The highest BCUT2D eigenvalue weighted by atomic mass is 79.9. The molecule has 2 aromatic rings. The number of hydrogen-bond acceptors (Lipinski definition) is 4. The van der Waals surface area contributed by atoms with Crippen LogP contribution in [-0.4, -0.2) is 30.3 Å². The maximum absolute atomic E-state index is 10.1. The molecule has 0 spiro atoms. The first-order valence-corrected chi connectivity index (χ1v) is 6.74. The quantitative estimate of drug-likeness (QED) is 0.879. The van der Waals surface area contributed by atoms with Crippen LogP contribution in [0.25, 0.3) is 0 Å². The lowest BCUT2D eigenvalue weighted by Crippen LogP contribution is -2.09. The van der Waals surface area contributed by atoms with Crippen molar-refractivity contribution in [1.82, 2.24) is 25.2 Å². The molecule has 6 nitrogen and oxygen atoms in total. The molecule has 0 radical (unpaired) electrons. The Morgan fingerprint density at radius 1 is 1.50 bits per heavy atom. The van der Waals surface area contributed by atoms with Gasteiger partial charge in [0.25, 0.3) is 0 Å². The van der Waals surface area contributed by atoms with Crippen molar-refractivity contribution in [2.45, 2.75) is 39.3 Å². The van der Waals surface area contributed by atoms with Gasteiger partial charge in [0, 0.05) is 13.0 Å². The standard InChI is InChI=1S/C11H16BrN5O/c1-3-7-11(12)9(17(4-2)15-7)5-10(18)8-6-13-16-14-8/h6,10,18H,3-5H2,1-2H3,(H,13,14,16).